The SMILES string of the molecule is CC(F)(F)C(F)(F)C(F)(F)C(F)(F)C1CC2C=CC1C2. The summed E-state index contributed by atoms with van der Waals surface area (Å²) < 4.78 is 106. The summed E-state index contributed by atoms with van der Waals surface area (Å²) >= 11 is 0. The minimum absolute atomic E-state index is 0.171. The molecule has 0 aromatic carbocycles. The van der Waals surface area contributed by atoms with Gasteiger partial charge in [0.15, 0.2) is 0 Å². The third-order valence-corrected chi connectivity index (χ3v) is 4.11. The van der Waals surface area contributed by atoms with Crippen LogP contribution in [0.15, 0.2) is 12.2 Å². The molecule has 3 atom stereocenters. The molecule has 0 radical (unpaired) electrons. The fraction of sp³-hybridized carbons (Fsp3) is 0.833. The van der Waals surface area contributed by atoms with Gasteiger partial charge < -0.3 is 0 Å². The Hall–Kier alpha value is -0.820. The third-order valence-electron chi connectivity index (χ3n) is 4.11. The summed E-state index contributed by atoms with van der Waals surface area (Å²) in [6.45, 7) is -0.488. The van der Waals surface area contributed by atoms with Crippen LogP contribution in [-0.2, 0) is 0 Å². The lowest BCUT2D eigenvalue weighted by atomic mass is 9.82. The molecule has 0 amide bonds. The van der Waals surface area contributed by atoms with Gasteiger partial charge in [-0.15, -0.1) is 0 Å². The summed E-state index contributed by atoms with van der Waals surface area (Å²) in [7, 11) is 0. The van der Waals surface area contributed by atoms with Gasteiger partial charge in [0.2, 0.25) is 0 Å². The molecule has 2 aliphatic rings. The molecule has 2 bridgehead atoms. The highest BCUT2D eigenvalue weighted by atomic mass is 19.4. The molecule has 0 aromatic heterocycles. The molecular formula is C12H12F8. The van der Waals surface area contributed by atoms with E-state index in [1.54, 1.807) is 6.08 Å². The van der Waals surface area contributed by atoms with Gasteiger partial charge in [0.1, 0.15) is 0 Å². The molecule has 1 saturated carbocycles. The molecule has 116 valence electrons. The number of allylic oxidation sites excluding steroid dienone is 2. The minimum Gasteiger partial charge on any atom is -0.200 e. The highest BCUT2D eigenvalue weighted by Gasteiger charge is 2.81. The molecule has 2 rings (SSSR count). The van der Waals surface area contributed by atoms with Crippen LogP contribution in [0.3, 0.4) is 0 Å². The predicted molar refractivity (Wildman–Crippen MR) is 54.3 cm³/mol. The monoisotopic (exact) mass is 308 g/mol. The van der Waals surface area contributed by atoms with Crippen molar-refractivity contribution >= 4 is 0 Å². The zero-order chi connectivity index (χ0) is 15.6. The Labute approximate surface area is 109 Å². The number of alkyl halides is 8. The Morgan fingerprint density at radius 1 is 0.800 bits per heavy atom. The molecule has 2 aliphatic carbocycles. The highest BCUT2D eigenvalue weighted by Crippen LogP contribution is 2.60. The van der Waals surface area contributed by atoms with E-state index >= 15 is 0 Å². The van der Waals surface area contributed by atoms with E-state index in [0.717, 1.165) is 0 Å². The van der Waals surface area contributed by atoms with Crippen LogP contribution >= 0.6 is 0 Å². The molecule has 0 spiro atoms. The quantitative estimate of drug-likeness (QED) is 0.519. The second-order valence-electron chi connectivity index (χ2n) is 5.55. The first-order valence-corrected chi connectivity index (χ1v) is 6.02. The third kappa shape index (κ3) is 1.86. The smallest absolute Gasteiger partial charge is 0.200 e. The second kappa shape index (κ2) is 4.10. The van der Waals surface area contributed by atoms with Crippen LogP contribution in [0.5, 0.6) is 0 Å². The van der Waals surface area contributed by atoms with Crippen molar-refractivity contribution in [1.82, 2.24) is 0 Å². The van der Waals surface area contributed by atoms with Crippen molar-refractivity contribution in [2.24, 2.45) is 17.8 Å². The van der Waals surface area contributed by atoms with Gasteiger partial charge >= 0.3 is 23.7 Å². The molecule has 0 heterocycles. The zero-order valence-corrected chi connectivity index (χ0v) is 10.3. The van der Waals surface area contributed by atoms with E-state index in [4.69, 9.17) is 0 Å². The van der Waals surface area contributed by atoms with Crippen LogP contribution in [0.1, 0.15) is 19.8 Å². The van der Waals surface area contributed by atoms with Crippen LogP contribution in [-0.4, -0.2) is 23.7 Å². The first-order chi connectivity index (χ1) is 8.82. The van der Waals surface area contributed by atoms with E-state index in [1.807, 2.05) is 0 Å². The molecule has 0 saturated heterocycles. The maximum Gasteiger partial charge on any atom is 0.378 e. The van der Waals surface area contributed by atoms with Crippen molar-refractivity contribution in [3.8, 4) is 0 Å². The van der Waals surface area contributed by atoms with Crippen LogP contribution in [0, 0.1) is 17.8 Å². The van der Waals surface area contributed by atoms with Crippen molar-refractivity contribution in [1.29, 1.82) is 0 Å². The number of rotatable bonds is 4. The largest absolute Gasteiger partial charge is 0.378 e. The van der Waals surface area contributed by atoms with Crippen molar-refractivity contribution in [2.45, 2.75) is 43.5 Å². The molecule has 20 heavy (non-hydrogen) atoms. The lowest BCUT2D eigenvalue weighted by Crippen LogP contribution is -2.63. The summed E-state index contributed by atoms with van der Waals surface area (Å²) in [5, 5.41) is 0. The number of hydrogen-bond donors (Lipinski definition) is 0. The van der Waals surface area contributed by atoms with Gasteiger partial charge in [-0.2, -0.15) is 35.1 Å². The highest BCUT2D eigenvalue weighted by molar-refractivity contribution is 5.16. The number of hydrogen-bond acceptors (Lipinski definition) is 0. The van der Waals surface area contributed by atoms with Crippen molar-refractivity contribution in [3.63, 3.8) is 0 Å². The summed E-state index contributed by atoms with van der Waals surface area (Å²) in [6, 6.07) is 0. The molecule has 0 aliphatic heterocycles. The first-order valence-electron chi connectivity index (χ1n) is 6.02. The summed E-state index contributed by atoms with van der Waals surface area (Å²) in [4.78, 5) is 0. The van der Waals surface area contributed by atoms with Gasteiger partial charge in [0, 0.05) is 12.8 Å². The van der Waals surface area contributed by atoms with Gasteiger partial charge in [0.25, 0.3) is 0 Å². The normalized spacial score (nSPS) is 31.1. The van der Waals surface area contributed by atoms with Crippen LogP contribution in [0.2, 0.25) is 0 Å². The van der Waals surface area contributed by atoms with E-state index in [2.05, 4.69) is 0 Å². The lowest BCUT2D eigenvalue weighted by molar-refractivity contribution is -0.373. The topological polar surface area (TPSA) is 0 Å². The average Bonchev–Trinajstić information content (AvgIpc) is 2.88. The molecule has 3 unspecified atom stereocenters. The van der Waals surface area contributed by atoms with Gasteiger partial charge in [-0.25, -0.2) is 0 Å². The van der Waals surface area contributed by atoms with Gasteiger partial charge in [0.05, 0.1) is 0 Å². The van der Waals surface area contributed by atoms with Crippen LogP contribution < -0.4 is 0 Å². The first kappa shape index (κ1) is 15.6. The molecule has 0 aromatic rings. The molecule has 1 fully saturated rings. The van der Waals surface area contributed by atoms with Crippen LogP contribution in [0.25, 0.3) is 0 Å². The summed E-state index contributed by atoms with van der Waals surface area (Å²) in [5.74, 6) is -26.0. The molecule has 0 nitrogen and oxygen atoms in total. The zero-order valence-electron chi connectivity index (χ0n) is 10.3. The fourth-order valence-corrected chi connectivity index (χ4v) is 2.92. The Bertz CT molecular complexity index is 420. The van der Waals surface area contributed by atoms with E-state index in [0.29, 0.717) is 0 Å². The minimum atomic E-state index is -6.12. The van der Waals surface area contributed by atoms with Gasteiger partial charge in [-0.05, 0) is 24.7 Å². The average molecular weight is 308 g/mol. The molecule has 0 N–H and O–H groups in total. The Morgan fingerprint density at radius 3 is 1.70 bits per heavy atom. The van der Waals surface area contributed by atoms with E-state index in [1.165, 1.54) is 6.08 Å². The van der Waals surface area contributed by atoms with Gasteiger partial charge in [-0.1, -0.05) is 12.2 Å². The Balaban J connectivity index is 2.35. The summed E-state index contributed by atoms with van der Waals surface area (Å²) in [6.07, 6.45) is 2.60. The van der Waals surface area contributed by atoms with E-state index in [-0.39, 0.29) is 12.3 Å². The standard InChI is InChI=1S/C12H12F8/c1-9(13,14)11(17,18)12(19,20)10(15,16)8-5-6-2-3-7(8)4-6/h2-3,6-8H,4-5H2,1H3. The second-order valence-corrected chi connectivity index (χ2v) is 5.55. The van der Waals surface area contributed by atoms with Crippen LogP contribution in [0.4, 0.5) is 35.1 Å². The van der Waals surface area contributed by atoms with Gasteiger partial charge in [-0.3, -0.25) is 0 Å². The maximum absolute atomic E-state index is 13.8. The Morgan fingerprint density at radius 2 is 1.35 bits per heavy atom. The fourth-order valence-electron chi connectivity index (χ4n) is 2.92. The molecule has 8 heteroatoms. The van der Waals surface area contributed by atoms with E-state index < -0.39 is 48.9 Å². The summed E-state index contributed by atoms with van der Waals surface area (Å²) in [5.41, 5.74) is 0. The number of fused-ring (bicyclic) bond motifs is 2. The number of halogens is 8. The molecular weight excluding hydrogens is 296 g/mol. The van der Waals surface area contributed by atoms with Crippen molar-refractivity contribution in [3.05, 3.63) is 12.2 Å². The maximum atomic E-state index is 13.8. The lowest BCUT2D eigenvalue weighted by Gasteiger charge is -2.39. The predicted octanol–water partition coefficient (Wildman–Crippen LogP) is 4.76. The van der Waals surface area contributed by atoms with E-state index in [9.17, 15) is 35.1 Å². The van der Waals surface area contributed by atoms with Crippen molar-refractivity contribution in [2.75, 3.05) is 0 Å². The Kier molecular flexibility index (Phi) is 3.19. The van der Waals surface area contributed by atoms with Crippen molar-refractivity contribution < 1.29 is 35.1 Å².